The van der Waals surface area contributed by atoms with E-state index in [1.807, 2.05) is 6.07 Å². The van der Waals surface area contributed by atoms with Gasteiger partial charge in [-0.3, -0.25) is 4.79 Å². The molecule has 0 fully saturated rings. The van der Waals surface area contributed by atoms with Crippen LogP contribution >= 0.6 is 11.6 Å². The average molecular weight is 451 g/mol. The Kier molecular flexibility index (Phi) is 7.21. The molecule has 0 unspecified atom stereocenters. The molecule has 0 radical (unpaired) electrons. The van der Waals surface area contributed by atoms with Crippen LogP contribution in [0, 0.1) is 17.1 Å². The summed E-state index contributed by atoms with van der Waals surface area (Å²) in [5.74, 6) is -1.69. The summed E-state index contributed by atoms with van der Waals surface area (Å²) in [5.41, 5.74) is 1.66. The van der Waals surface area contributed by atoms with Crippen LogP contribution in [0.25, 0.3) is 6.08 Å². The van der Waals surface area contributed by atoms with E-state index in [1.54, 1.807) is 30.3 Å². The van der Waals surface area contributed by atoms with Crippen LogP contribution in [0.3, 0.4) is 0 Å². The van der Waals surface area contributed by atoms with Crippen molar-refractivity contribution < 1.29 is 23.8 Å². The van der Waals surface area contributed by atoms with Gasteiger partial charge in [-0.05, 0) is 65.7 Å². The number of carbonyl (C=O) groups is 2. The first kappa shape index (κ1) is 22.5. The SMILES string of the molecule is N#CC(=Cc1ccc(OCc2ccc(C(=O)O)cc2)c(Cl)c1)C(=O)Nc1ccc(F)cc1. The number of benzene rings is 3. The Balaban J connectivity index is 1.67. The lowest BCUT2D eigenvalue weighted by Crippen LogP contribution is -2.13. The first-order valence-corrected chi connectivity index (χ1v) is 9.67. The van der Waals surface area contributed by atoms with Gasteiger partial charge in [0.2, 0.25) is 0 Å². The van der Waals surface area contributed by atoms with Crippen LogP contribution in [0.2, 0.25) is 5.02 Å². The van der Waals surface area contributed by atoms with E-state index in [4.69, 9.17) is 21.4 Å². The summed E-state index contributed by atoms with van der Waals surface area (Å²) < 4.78 is 18.7. The number of hydrogen-bond acceptors (Lipinski definition) is 4. The fraction of sp³-hybridized carbons (Fsp3) is 0.0417. The second-order valence-corrected chi connectivity index (χ2v) is 7.02. The maximum Gasteiger partial charge on any atom is 0.335 e. The molecule has 0 bridgehead atoms. The Morgan fingerprint density at radius 3 is 2.38 bits per heavy atom. The second-order valence-electron chi connectivity index (χ2n) is 6.61. The van der Waals surface area contributed by atoms with Crippen molar-refractivity contribution in [1.29, 1.82) is 5.26 Å². The number of nitrogens with zero attached hydrogens (tertiary/aromatic N) is 1. The highest BCUT2D eigenvalue weighted by Crippen LogP contribution is 2.27. The highest BCUT2D eigenvalue weighted by atomic mass is 35.5. The molecule has 3 aromatic carbocycles. The summed E-state index contributed by atoms with van der Waals surface area (Å²) in [6, 6.07) is 18.1. The number of anilines is 1. The lowest BCUT2D eigenvalue weighted by atomic mass is 10.1. The summed E-state index contributed by atoms with van der Waals surface area (Å²) in [6.07, 6.45) is 1.37. The third-order valence-corrected chi connectivity index (χ3v) is 4.62. The summed E-state index contributed by atoms with van der Waals surface area (Å²) in [4.78, 5) is 23.2. The second kappa shape index (κ2) is 10.2. The standard InChI is InChI=1S/C24H16ClFN2O4/c25-21-12-16(11-18(13-27)23(29)28-20-8-6-19(26)7-9-20)3-10-22(21)32-14-15-1-4-17(5-2-15)24(30)31/h1-12H,14H2,(H,28,29)(H,30,31). The molecule has 3 aromatic rings. The molecule has 0 saturated heterocycles. The third-order valence-electron chi connectivity index (χ3n) is 4.33. The van der Waals surface area contributed by atoms with Gasteiger partial charge in [0.15, 0.2) is 0 Å². The molecule has 2 N–H and O–H groups in total. The van der Waals surface area contributed by atoms with Crippen LogP contribution in [-0.2, 0) is 11.4 Å². The molecule has 0 atom stereocenters. The topological polar surface area (TPSA) is 99.4 Å². The molecular weight excluding hydrogens is 435 g/mol. The number of halogens is 2. The minimum atomic E-state index is -1.01. The molecule has 6 nitrogen and oxygen atoms in total. The monoisotopic (exact) mass is 450 g/mol. The summed E-state index contributed by atoms with van der Waals surface area (Å²) in [5, 5.41) is 21.1. The quantitative estimate of drug-likeness (QED) is 0.375. The van der Waals surface area contributed by atoms with Gasteiger partial charge in [0, 0.05) is 5.69 Å². The zero-order valence-electron chi connectivity index (χ0n) is 16.5. The number of carboxylic acids is 1. The van der Waals surface area contributed by atoms with Gasteiger partial charge >= 0.3 is 5.97 Å². The van der Waals surface area contributed by atoms with Gasteiger partial charge in [-0.1, -0.05) is 29.8 Å². The smallest absolute Gasteiger partial charge is 0.335 e. The summed E-state index contributed by atoms with van der Waals surface area (Å²) >= 11 is 6.26. The van der Waals surface area contributed by atoms with Crippen LogP contribution in [0.4, 0.5) is 10.1 Å². The van der Waals surface area contributed by atoms with Crippen LogP contribution < -0.4 is 10.1 Å². The highest BCUT2D eigenvalue weighted by molar-refractivity contribution is 6.32. The number of aromatic carboxylic acids is 1. The number of carbonyl (C=O) groups excluding carboxylic acids is 1. The van der Waals surface area contributed by atoms with Crippen LogP contribution in [0.15, 0.2) is 72.3 Å². The molecule has 0 aliphatic heterocycles. The zero-order valence-corrected chi connectivity index (χ0v) is 17.3. The van der Waals surface area contributed by atoms with E-state index < -0.39 is 17.7 Å². The number of hydrogen-bond donors (Lipinski definition) is 2. The number of ether oxygens (including phenoxy) is 1. The maximum absolute atomic E-state index is 13.0. The van der Waals surface area contributed by atoms with Gasteiger partial charge < -0.3 is 15.2 Å². The number of nitrogens with one attached hydrogen (secondary N) is 1. The Hall–Kier alpha value is -4.15. The van der Waals surface area contributed by atoms with Gasteiger partial charge in [0.05, 0.1) is 10.6 Å². The van der Waals surface area contributed by atoms with E-state index in [0.29, 0.717) is 17.0 Å². The van der Waals surface area contributed by atoms with Gasteiger partial charge in [-0.2, -0.15) is 5.26 Å². The van der Waals surface area contributed by atoms with Crippen molar-refractivity contribution in [2.75, 3.05) is 5.32 Å². The van der Waals surface area contributed by atoms with E-state index >= 15 is 0 Å². The lowest BCUT2D eigenvalue weighted by molar-refractivity contribution is -0.112. The molecule has 0 aromatic heterocycles. The maximum atomic E-state index is 13.0. The molecule has 3 rings (SSSR count). The molecule has 0 heterocycles. The van der Waals surface area contributed by atoms with Crippen LogP contribution in [0.1, 0.15) is 21.5 Å². The molecule has 8 heteroatoms. The van der Waals surface area contributed by atoms with Gasteiger partial charge in [-0.25, -0.2) is 9.18 Å². The molecule has 0 spiro atoms. The Bertz CT molecular complexity index is 1220. The molecule has 160 valence electrons. The van der Waals surface area contributed by atoms with Gasteiger partial charge in [0.1, 0.15) is 29.8 Å². The molecule has 0 saturated carbocycles. The summed E-state index contributed by atoms with van der Waals surface area (Å²) in [7, 11) is 0. The minimum Gasteiger partial charge on any atom is -0.487 e. The largest absolute Gasteiger partial charge is 0.487 e. The lowest BCUT2D eigenvalue weighted by Gasteiger charge is -2.09. The van der Waals surface area contributed by atoms with Crippen molar-refractivity contribution in [3.63, 3.8) is 0 Å². The van der Waals surface area contributed by atoms with Gasteiger partial charge in [0.25, 0.3) is 5.91 Å². The Morgan fingerprint density at radius 2 is 1.78 bits per heavy atom. The van der Waals surface area contributed by atoms with Crippen molar-refractivity contribution >= 4 is 35.2 Å². The van der Waals surface area contributed by atoms with Crippen molar-refractivity contribution in [1.82, 2.24) is 0 Å². The highest BCUT2D eigenvalue weighted by Gasteiger charge is 2.11. The fourth-order valence-corrected chi connectivity index (χ4v) is 2.92. The number of amides is 1. The van der Waals surface area contributed by atoms with Gasteiger partial charge in [-0.15, -0.1) is 0 Å². The minimum absolute atomic E-state index is 0.155. The number of nitriles is 1. The first-order chi connectivity index (χ1) is 15.4. The normalized spacial score (nSPS) is 10.8. The zero-order chi connectivity index (χ0) is 23.1. The predicted molar refractivity (Wildman–Crippen MR) is 118 cm³/mol. The average Bonchev–Trinajstić information content (AvgIpc) is 2.78. The van der Waals surface area contributed by atoms with E-state index in [0.717, 1.165) is 5.56 Å². The fourth-order valence-electron chi connectivity index (χ4n) is 2.68. The van der Waals surface area contributed by atoms with E-state index in [2.05, 4.69) is 5.32 Å². The molecular formula is C24H16ClFN2O4. The number of carboxylic acid groups (broad SMARTS) is 1. The Morgan fingerprint density at radius 1 is 1.09 bits per heavy atom. The number of rotatable bonds is 7. The van der Waals surface area contributed by atoms with Crippen LogP contribution in [0.5, 0.6) is 5.75 Å². The molecule has 0 aliphatic carbocycles. The van der Waals surface area contributed by atoms with E-state index in [1.165, 1.54) is 42.5 Å². The predicted octanol–water partition coefficient (Wildman–Crippen LogP) is 5.30. The van der Waals surface area contributed by atoms with E-state index in [-0.39, 0.29) is 22.8 Å². The van der Waals surface area contributed by atoms with Crippen molar-refractivity contribution in [2.45, 2.75) is 6.61 Å². The van der Waals surface area contributed by atoms with Crippen LogP contribution in [-0.4, -0.2) is 17.0 Å². The molecule has 32 heavy (non-hydrogen) atoms. The van der Waals surface area contributed by atoms with E-state index in [9.17, 15) is 19.2 Å². The van der Waals surface area contributed by atoms with Crippen molar-refractivity contribution in [2.24, 2.45) is 0 Å². The Labute approximate surface area is 188 Å². The summed E-state index contributed by atoms with van der Waals surface area (Å²) in [6.45, 7) is 0.179. The van der Waals surface area contributed by atoms with Crippen molar-refractivity contribution in [3.05, 3.63) is 99.8 Å². The first-order valence-electron chi connectivity index (χ1n) is 9.29. The molecule has 1 amide bonds. The molecule has 0 aliphatic rings. The third kappa shape index (κ3) is 5.94. The van der Waals surface area contributed by atoms with Crippen molar-refractivity contribution in [3.8, 4) is 11.8 Å².